The van der Waals surface area contributed by atoms with Gasteiger partial charge in [0.2, 0.25) is 5.91 Å². The Morgan fingerprint density at radius 2 is 1.47 bits per heavy atom. The van der Waals surface area contributed by atoms with Crippen LogP contribution in [0.1, 0.15) is 47.9 Å². The Hall–Kier alpha value is -3.48. The first-order valence-corrected chi connectivity index (χ1v) is 9.57. The third-order valence-corrected chi connectivity index (χ3v) is 4.07. The van der Waals surface area contributed by atoms with Crippen LogP contribution >= 0.6 is 0 Å². The molecule has 1 amide bonds. The molecule has 0 heterocycles. The fourth-order valence-electron chi connectivity index (χ4n) is 2.52. The van der Waals surface area contributed by atoms with Gasteiger partial charge in [-0.15, -0.1) is 0 Å². The number of carbonyl (C=O) groups excluding carboxylic acids is 4. The molecule has 0 aliphatic rings. The second kappa shape index (κ2) is 10.9. The van der Waals surface area contributed by atoms with Gasteiger partial charge in [0.05, 0.1) is 0 Å². The molecule has 30 heavy (non-hydrogen) atoms. The number of ether oxygens (including phenoxy) is 2. The first-order chi connectivity index (χ1) is 14.2. The molecule has 7 nitrogen and oxygen atoms in total. The van der Waals surface area contributed by atoms with Crippen LogP contribution in [-0.2, 0) is 14.3 Å². The van der Waals surface area contributed by atoms with Crippen LogP contribution in [0.25, 0.3) is 0 Å². The summed E-state index contributed by atoms with van der Waals surface area (Å²) < 4.78 is 10.2. The van der Waals surface area contributed by atoms with Crippen molar-refractivity contribution in [3.8, 4) is 5.75 Å². The Morgan fingerprint density at radius 3 is 2.03 bits per heavy atom. The number of ketones is 2. The zero-order chi connectivity index (χ0) is 22.1. The summed E-state index contributed by atoms with van der Waals surface area (Å²) in [6.07, 6.45) is 0.416. The Labute approximate surface area is 175 Å². The molecular weight excluding hydrogens is 386 g/mol. The van der Waals surface area contributed by atoms with Crippen LogP contribution in [0.5, 0.6) is 5.75 Å². The van der Waals surface area contributed by atoms with Crippen molar-refractivity contribution in [3.05, 3.63) is 59.7 Å². The van der Waals surface area contributed by atoms with E-state index in [9.17, 15) is 19.2 Å². The minimum absolute atomic E-state index is 0.0644. The number of hydrogen-bond acceptors (Lipinski definition) is 6. The zero-order valence-corrected chi connectivity index (χ0v) is 17.3. The van der Waals surface area contributed by atoms with Crippen LogP contribution in [0.4, 0.5) is 5.69 Å². The van der Waals surface area contributed by atoms with Crippen LogP contribution in [0.3, 0.4) is 0 Å². The van der Waals surface area contributed by atoms with Crippen LogP contribution in [0.2, 0.25) is 0 Å². The molecular formula is C23H25NO6. The lowest BCUT2D eigenvalue weighted by molar-refractivity contribution is -0.144. The molecule has 0 bridgehead atoms. The van der Waals surface area contributed by atoms with Crippen LogP contribution in [-0.4, -0.2) is 36.7 Å². The number of amides is 1. The zero-order valence-electron chi connectivity index (χ0n) is 17.3. The number of hydrogen-bond donors (Lipinski definition) is 1. The van der Waals surface area contributed by atoms with Crippen molar-refractivity contribution in [2.75, 3.05) is 18.5 Å². The van der Waals surface area contributed by atoms with Crippen LogP contribution in [0, 0.1) is 5.92 Å². The number of nitrogens with one attached hydrogen (secondary N) is 1. The molecule has 1 N–H and O–H groups in total. The van der Waals surface area contributed by atoms with Crippen LogP contribution in [0.15, 0.2) is 48.5 Å². The van der Waals surface area contributed by atoms with Crippen LogP contribution < -0.4 is 10.1 Å². The van der Waals surface area contributed by atoms with Gasteiger partial charge in [0.1, 0.15) is 5.75 Å². The van der Waals surface area contributed by atoms with E-state index in [0.29, 0.717) is 29.0 Å². The maximum atomic E-state index is 12.2. The Bertz CT molecular complexity index is 900. The maximum absolute atomic E-state index is 12.2. The van der Waals surface area contributed by atoms with Crippen molar-refractivity contribution in [1.82, 2.24) is 0 Å². The van der Waals surface area contributed by atoms with Gasteiger partial charge in [0.15, 0.2) is 24.8 Å². The van der Waals surface area contributed by atoms with E-state index >= 15 is 0 Å². The normalized spacial score (nSPS) is 10.4. The SMILES string of the molecule is CC(=O)c1ccc(OCC(=O)OCC(=O)c2ccc(NC(=O)CC(C)C)cc2)cc1. The first-order valence-electron chi connectivity index (χ1n) is 9.57. The van der Waals surface area contributed by atoms with E-state index in [4.69, 9.17) is 9.47 Å². The number of Topliss-reactive ketones (excluding diaryl/α,β-unsaturated/α-hetero) is 2. The van der Waals surface area contributed by atoms with Crippen molar-refractivity contribution < 1.29 is 28.7 Å². The van der Waals surface area contributed by atoms with Gasteiger partial charge in [0.25, 0.3) is 0 Å². The lowest BCUT2D eigenvalue weighted by atomic mass is 10.1. The molecule has 2 aromatic rings. The second-order valence-corrected chi connectivity index (χ2v) is 7.18. The lowest BCUT2D eigenvalue weighted by Crippen LogP contribution is -2.19. The highest BCUT2D eigenvalue weighted by atomic mass is 16.6. The van der Waals surface area contributed by atoms with E-state index in [0.717, 1.165) is 0 Å². The monoisotopic (exact) mass is 411 g/mol. The summed E-state index contributed by atoms with van der Waals surface area (Å²) in [5.74, 6) is -0.534. The molecule has 2 rings (SSSR count). The summed E-state index contributed by atoms with van der Waals surface area (Å²) in [7, 11) is 0. The maximum Gasteiger partial charge on any atom is 0.344 e. The van der Waals surface area contributed by atoms with E-state index in [1.165, 1.54) is 6.92 Å². The predicted octanol–water partition coefficient (Wildman–Crippen LogP) is 3.68. The van der Waals surface area contributed by atoms with E-state index in [-0.39, 0.29) is 30.0 Å². The molecule has 0 aliphatic heterocycles. The molecule has 0 radical (unpaired) electrons. The number of carbonyl (C=O) groups is 4. The smallest absolute Gasteiger partial charge is 0.344 e. The third kappa shape index (κ3) is 7.50. The third-order valence-electron chi connectivity index (χ3n) is 4.07. The van der Waals surface area contributed by atoms with Gasteiger partial charge in [-0.25, -0.2) is 4.79 Å². The standard InChI is InChI=1S/C23H25NO6/c1-15(2)12-22(27)24-19-8-4-18(5-9-19)21(26)13-30-23(28)14-29-20-10-6-17(7-11-20)16(3)25/h4-11,15H,12-14H2,1-3H3,(H,24,27). The summed E-state index contributed by atoms with van der Waals surface area (Å²) >= 11 is 0. The van der Waals surface area contributed by atoms with Gasteiger partial charge < -0.3 is 14.8 Å². The summed E-state index contributed by atoms with van der Waals surface area (Å²) in [5, 5.41) is 2.76. The van der Waals surface area contributed by atoms with Crippen molar-refractivity contribution >= 4 is 29.1 Å². The van der Waals surface area contributed by atoms with E-state index < -0.39 is 12.6 Å². The van der Waals surface area contributed by atoms with Crippen molar-refractivity contribution in [1.29, 1.82) is 0 Å². The number of rotatable bonds is 10. The number of benzene rings is 2. The summed E-state index contributed by atoms with van der Waals surface area (Å²) in [4.78, 5) is 47.0. The summed E-state index contributed by atoms with van der Waals surface area (Å²) in [6, 6.07) is 12.7. The highest BCUT2D eigenvalue weighted by Crippen LogP contribution is 2.13. The van der Waals surface area contributed by atoms with Crippen molar-refractivity contribution in [3.63, 3.8) is 0 Å². The van der Waals surface area contributed by atoms with Crippen molar-refractivity contribution in [2.24, 2.45) is 5.92 Å². The van der Waals surface area contributed by atoms with Gasteiger partial charge in [-0.2, -0.15) is 0 Å². The summed E-state index contributed by atoms with van der Waals surface area (Å²) in [5.41, 5.74) is 1.50. The molecule has 0 fully saturated rings. The summed E-state index contributed by atoms with van der Waals surface area (Å²) in [6.45, 7) is 4.61. The molecule has 0 spiro atoms. The Kier molecular flexibility index (Phi) is 8.29. The highest BCUT2D eigenvalue weighted by Gasteiger charge is 2.12. The molecule has 158 valence electrons. The van der Waals surface area contributed by atoms with Gasteiger partial charge in [0, 0.05) is 23.2 Å². The van der Waals surface area contributed by atoms with E-state index in [1.807, 2.05) is 13.8 Å². The molecule has 0 atom stereocenters. The molecule has 0 aliphatic carbocycles. The first kappa shape index (κ1) is 22.8. The molecule has 0 saturated heterocycles. The fourth-order valence-corrected chi connectivity index (χ4v) is 2.52. The lowest BCUT2D eigenvalue weighted by Gasteiger charge is -2.09. The minimum atomic E-state index is -0.684. The average Bonchev–Trinajstić information content (AvgIpc) is 2.70. The molecule has 0 saturated carbocycles. The molecule has 0 aromatic heterocycles. The predicted molar refractivity (Wildman–Crippen MR) is 112 cm³/mol. The van der Waals surface area contributed by atoms with Crippen molar-refractivity contribution in [2.45, 2.75) is 27.2 Å². The minimum Gasteiger partial charge on any atom is -0.482 e. The number of esters is 1. The quantitative estimate of drug-likeness (QED) is 0.473. The van der Waals surface area contributed by atoms with Gasteiger partial charge in [-0.05, 0) is 61.4 Å². The average molecular weight is 411 g/mol. The molecule has 2 aromatic carbocycles. The fraction of sp³-hybridized carbons (Fsp3) is 0.304. The van der Waals surface area contributed by atoms with Gasteiger partial charge >= 0.3 is 5.97 Å². The highest BCUT2D eigenvalue weighted by molar-refractivity contribution is 5.99. The van der Waals surface area contributed by atoms with E-state index in [2.05, 4.69) is 5.32 Å². The van der Waals surface area contributed by atoms with Gasteiger partial charge in [-0.1, -0.05) is 13.8 Å². The second-order valence-electron chi connectivity index (χ2n) is 7.18. The Balaban J connectivity index is 1.77. The molecule has 0 unspecified atom stereocenters. The largest absolute Gasteiger partial charge is 0.482 e. The van der Waals surface area contributed by atoms with E-state index in [1.54, 1.807) is 48.5 Å². The Morgan fingerprint density at radius 1 is 0.867 bits per heavy atom. The molecule has 7 heteroatoms. The van der Waals surface area contributed by atoms with Gasteiger partial charge in [-0.3, -0.25) is 14.4 Å². The number of anilines is 1. The topological polar surface area (TPSA) is 98.8 Å².